The normalized spacial score (nSPS) is 15.0. The Hall–Kier alpha value is -1.70. The number of piperidine rings is 1. The van der Waals surface area contributed by atoms with Crippen LogP contribution < -0.4 is 14.8 Å². The first-order valence-corrected chi connectivity index (χ1v) is 8.88. The summed E-state index contributed by atoms with van der Waals surface area (Å²) in [6.07, 6.45) is -3.11. The summed E-state index contributed by atoms with van der Waals surface area (Å²) in [6, 6.07) is 7.82. The van der Waals surface area contributed by atoms with Crippen LogP contribution in [0.5, 0.6) is 11.5 Å². The maximum Gasteiger partial charge on any atom is 0.573 e. The molecule has 0 bridgehead atoms. The molecule has 28 heavy (non-hydrogen) atoms. The molecule has 0 aromatic heterocycles. The number of alkyl halides is 3. The van der Waals surface area contributed by atoms with Gasteiger partial charge in [0.25, 0.3) is 0 Å². The minimum absolute atomic E-state index is 0. The monoisotopic (exact) mass is 439 g/mol. The average molecular weight is 440 g/mol. The van der Waals surface area contributed by atoms with Gasteiger partial charge >= 0.3 is 6.36 Å². The van der Waals surface area contributed by atoms with Gasteiger partial charge in [0.15, 0.2) is 11.5 Å². The van der Waals surface area contributed by atoms with Crippen molar-refractivity contribution >= 4 is 24.0 Å². The molecule has 1 aliphatic rings. The summed E-state index contributed by atoms with van der Waals surface area (Å²) in [5.41, 5.74) is 0.526. The molecule has 0 radical (unpaired) electrons. The van der Waals surface area contributed by atoms with Crippen LogP contribution >= 0.6 is 24.0 Å². The number of ether oxygens (including phenoxy) is 2. The number of hydrogen-bond acceptors (Lipinski definition) is 3. The molecule has 2 aromatic carbocycles. The van der Waals surface area contributed by atoms with Crippen LogP contribution in [-0.2, 0) is 0 Å². The van der Waals surface area contributed by atoms with E-state index >= 15 is 0 Å². The van der Waals surface area contributed by atoms with Crippen molar-refractivity contribution < 1.29 is 27.0 Å². The van der Waals surface area contributed by atoms with Crippen molar-refractivity contribution in [2.75, 3.05) is 19.7 Å². The van der Waals surface area contributed by atoms with Crippen LogP contribution in [0.25, 0.3) is 11.1 Å². The van der Waals surface area contributed by atoms with Gasteiger partial charge in [-0.3, -0.25) is 0 Å². The molecule has 0 saturated carbocycles. The van der Waals surface area contributed by atoms with Crippen LogP contribution in [0, 0.1) is 11.7 Å². The zero-order valence-corrected chi connectivity index (χ0v) is 16.3. The first-order chi connectivity index (χ1) is 12.8. The molecule has 0 amide bonds. The van der Waals surface area contributed by atoms with Gasteiger partial charge in [-0.25, -0.2) is 4.39 Å². The lowest BCUT2D eigenvalue weighted by atomic mass is 9.99. The highest BCUT2D eigenvalue weighted by molar-refractivity contribution is 6.30. The van der Waals surface area contributed by atoms with Crippen LogP contribution in [0.1, 0.15) is 12.8 Å². The molecule has 1 aliphatic heterocycles. The maximum atomic E-state index is 14.1. The lowest BCUT2D eigenvalue weighted by Gasteiger charge is -2.23. The van der Waals surface area contributed by atoms with Gasteiger partial charge in [-0.15, -0.1) is 25.6 Å². The molecule has 3 rings (SSSR count). The molecular weight excluding hydrogens is 421 g/mol. The minimum Gasteiger partial charge on any atom is -0.489 e. The largest absolute Gasteiger partial charge is 0.573 e. The van der Waals surface area contributed by atoms with E-state index in [0.29, 0.717) is 10.6 Å². The van der Waals surface area contributed by atoms with Crippen LogP contribution in [0.3, 0.4) is 0 Å². The zero-order valence-electron chi connectivity index (χ0n) is 14.7. The number of rotatable bonds is 5. The Bertz CT molecular complexity index is 796. The van der Waals surface area contributed by atoms with Crippen molar-refractivity contribution in [2.24, 2.45) is 5.92 Å². The van der Waals surface area contributed by atoms with E-state index < -0.39 is 17.9 Å². The molecule has 0 unspecified atom stereocenters. The lowest BCUT2D eigenvalue weighted by Crippen LogP contribution is -2.30. The van der Waals surface area contributed by atoms with E-state index in [1.807, 2.05) is 0 Å². The van der Waals surface area contributed by atoms with E-state index in [0.717, 1.165) is 32.0 Å². The predicted octanol–water partition coefficient (Wildman–Crippen LogP) is 5.84. The van der Waals surface area contributed by atoms with E-state index in [2.05, 4.69) is 10.1 Å². The first-order valence-electron chi connectivity index (χ1n) is 8.50. The van der Waals surface area contributed by atoms with E-state index in [4.69, 9.17) is 16.3 Å². The van der Waals surface area contributed by atoms with Gasteiger partial charge in [0.2, 0.25) is 0 Å². The minimum atomic E-state index is -4.85. The fourth-order valence-corrected chi connectivity index (χ4v) is 3.14. The van der Waals surface area contributed by atoms with Crippen LogP contribution in [0.2, 0.25) is 5.02 Å². The predicted molar refractivity (Wildman–Crippen MR) is 102 cm³/mol. The Kier molecular flexibility index (Phi) is 7.80. The molecule has 0 aliphatic carbocycles. The molecule has 1 fully saturated rings. The number of nitrogens with one attached hydrogen (secondary N) is 1. The van der Waals surface area contributed by atoms with Gasteiger partial charge in [0.05, 0.1) is 6.61 Å². The Labute approximate surface area is 171 Å². The molecule has 0 spiro atoms. The molecule has 2 aromatic rings. The number of halogens is 6. The molecule has 9 heteroatoms. The number of hydrogen-bond donors (Lipinski definition) is 1. The summed E-state index contributed by atoms with van der Waals surface area (Å²) >= 11 is 5.91. The molecule has 0 atom stereocenters. The fourth-order valence-electron chi connectivity index (χ4n) is 2.97. The highest BCUT2D eigenvalue weighted by atomic mass is 35.5. The Morgan fingerprint density at radius 3 is 2.43 bits per heavy atom. The highest BCUT2D eigenvalue weighted by Gasteiger charge is 2.32. The number of benzene rings is 2. The Balaban J connectivity index is 0.00000280. The van der Waals surface area contributed by atoms with Crippen molar-refractivity contribution in [3.05, 3.63) is 47.2 Å². The van der Waals surface area contributed by atoms with Gasteiger partial charge in [-0.2, -0.15) is 0 Å². The summed E-state index contributed by atoms with van der Waals surface area (Å²) in [6.45, 7) is 1.94. The topological polar surface area (TPSA) is 30.5 Å². The van der Waals surface area contributed by atoms with Crippen molar-refractivity contribution in [3.63, 3.8) is 0 Å². The summed E-state index contributed by atoms with van der Waals surface area (Å²) in [5.74, 6) is -0.838. The first kappa shape index (κ1) is 22.6. The van der Waals surface area contributed by atoms with E-state index in [1.165, 1.54) is 30.3 Å². The van der Waals surface area contributed by atoms with E-state index in [-0.39, 0.29) is 36.2 Å². The average Bonchev–Trinajstić information content (AvgIpc) is 2.62. The summed E-state index contributed by atoms with van der Waals surface area (Å²) in [7, 11) is 0. The molecule has 1 saturated heterocycles. The smallest absolute Gasteiger partial charge is 0.489 e. The van der Waals surface area contributed by atoms with Gasteiger partial charge in [0.1, 0.15) is 5.82 Å². The van der Waals surface area contributed by atoms with Crippen molar-refractivity contribution in [1.29, 1.82) is 0 Å². The molecular formula is C19H19Cl2F4NO2. The summed E-state index contributed by atoms with van der Waals surface area (Å²) in [4.78, 5) is 0. The quantitative estimate of drug-likeness (QED) is 0.593. The second kappa shape index (κ2) is 9.67. The van der Waals surface area contributed by atoms with Gasteiger partial charge in [0, 0.05) is 10.6 Å². The van der Waals surface area contributed by atoms with E-state index in [1.54, 1.807) is 0 Å². The summed E-state index contributed by atoms with van der Waals surface area (Å²) < 4.78 is 61.9. The Morgan fingerprint density at radius 1 is 1.04 bits per heavy atom. The standard InChI is InChI=1S/C19H18ClF4NO2.ClH/c20-14-2-3-16(21)15(10-14)13-1-4-17(27-19(22,23)24)18(9-13)26-11-12-5-7-25-8-6-12;/h1-4,9-10,12,25H,5-8,11H2;1H. The van der Waals surface area contributed by atoms with E-state index in [9.17, 15) is 17.6 Å². The zero-order chi connectivity index (χ0) is 19.4. The maximum absolute atomic E-state index is 14.1. The lowest BCUT2D eigenvalue weighted by molar-refractivity contribution is -0.275. The second-order valence-electron chi connectivity index (χ2n) is 6.34. The van der Waals surface area contributed by atoms with Crippen LogP contribution in [-0.4, -0.2) is 26.1 Å². The van der Waals surface area contributed by atoms with Crippen molar-refractivity contribution in [2.45, 2.75) is 19.2 Å². The third-order valence-corrected chi connectivity index (χ3v) is 4.58. The Morgan fingerprint density at radius 2 is 1.75 bits per heavy atom. The summed E-state index contributed by atoms with van der Waals surface area (Å²) in [5, 5.41) is 3.53. The molecule has 1 N–H and O–H groups in total. The third kappa shape index (κ3) is 6.15. The van der Waals surface area contributed by atoms with Crippen molar-refractivity contribution in [1.82, 2.24) is 5.32 Å². The third-order valence-electron chi connectivity index (χ3n) is 4.34. The second-order valence-corrected chi connectivity index (χ2v) is 6.77. The van der Waals surface area contributed by atoms with Gasteiger partial charge in [-0.1, -0.05) is 17.7 Å². The molecule has 154 valence electrons. The highest BCUT2D eigenvalue weighted by Crippen LogP contribution is 2.37. The van der Waals surface area contributed by atoms with Gasteiger partial charge < -0.3 is 14.8 Å². The van der Waals surface area contributed by atoms with Crippen LogP contribution in [0.15, 0.2) is 36.4 Å². The SMILES string of the molecule is Cl.Fc1ccc(Cl)cc1-c1ccc(OC(F)(F)F)c(OCC2CCNCC2)c1. The fraction of sp³-hybridized carbons (Fsp3) is 0.368. The van der Waals surface area contributed by atoms with Gasteiger partial charge in [-0.05, 0) is 67.7 Å². The molecule has 3 nitrogen and oxygen atoms in total. The molecule has 1 heterocycles. The van der Waals surface area contributed by atoms with Crippen molar-refractivity contribution in [3.8, 4) is 22.6 Å². The van der Waals surface area contributed by atoms with Crippen LogP contribution in [0.4, 0.5) is 17.6 Å².